The van der Waals surface area contributed by atoms with Gasteiger partial charge in [-0.1, -0.05) is 81.8 Å². The van der Waals surface area contributed by atoms with Crippen molar-refractivity contribution in [2.45, 2.75) is 103 Å². The van der Waals surface area contributed by atoms with E-state index in [1.54, 1.807) is 20.8 Å². The lowest BCUT2D eigenvalue weighted by atomic mass is 9.85. The van der Waals surface area contributed by atoms with Crippen LogP contribution in [0.15, 0.2) is 54.6 Å². The van der Waals surface area contributed by atoms with Crippen molar-refractivity contribution in [2.75, 3.05) is 19.6 Å². The number of carbonyl (C=O) groups is 6. The summed E-state index contributed by atoms with van der Waals surface area (Å²) in [6, 6.07) is 11.8. The summed E-state index contributed by atoms with van der Waals surface area (Å²) in [5.74, 6) is -3.31. The van der Waals surface area contributed by atoms with Gasteiger partial charge in [0.25, 0.3) is 0 Å². The van der Waals surface area contributed by atoms with Crippen LogP contribution in [0.1, 0.15) is 65.4 Å². The molecule has 2 aliphatic rings. The van der Waals surface area contributed by atoms with Gasteiger partial charge in [0.1, 0.15) is 30.2 Å². The zero-order chi connectivity index (χ0) is 38.0. The molecule has 0 aliphatic carbocycles. The van der Waals surface area contributed by atoms with Crippen LogP contribution >= 0.6 is 0 Å². The number of nitrogens with one attached hydrogen (secondary N) is 5. The molecule has 6 amide bonds. The molecule has 52 heavy (non-hydrogen) atoms. The Kier molecular flexibility index (Phi) is 13.9. The molecule has 2 aromatic rings. The SMILES string of the molecule is C[C@H]1NC(=O)[C@@H](Cc2ccc(-c3ccccc3)cc2)NC(=O)[C@@H]2C[C@@H](O)CN2C(=O)[C@H](C(C)(C)C)NC(=O)CCCCCNC(=O)[C@@H](CN)NC1=O. The van der Waals surface area contributed by atoms with Crippen LogP contribution in [0.4, 0.5) is 0 Å². The van der Waals surface area contributed by atoms with E-state index in [0.717, 1.165) is 11.1 Å². The van der Waals surface area contributed by atoms with Gasteiger partial charge in [0.2, 0.25) is 35.4 Å². The van der Waals surface area contributed by atoms with E-state index in [2.05, 4.69) is 26.6 Å². The third kappa shape index (κ3) is 10.8. The molecule has 0 aromatic heterocycles. The van der Waals surface area contributed by atoms with Crippen molar-refractivity contribution >= 4 is 35.4 Å². The van der Waals surface area contributed by atoms with E-state index in [-0.39, 0.29) is 38.3 Å². The van der Waals surface area contributed by atoms with Gasteiger partial charge >= 0.3 is 0 Å². The summed E-state index contributed by atoms with van der Waals surface area (Å²) in [5.41, 5.74) is 7.75. The maximum Gasteiger partial charge on any atom is 0.246 e. The van der Waals surface area contributed by atoms with Gasteiger partial charge < -0.3 is 42.3 Å². The fraction of sp³-hybridized carbons (Fsp3) is 0.526. The first-order valence-electron chi connectivity index (χ1n) is 18.0. The van der Waals surface area contributed by atoms with E-state index in [0.29, 0.717) is 31.4 Å². The van der Waals surface area contributed by atoms with Gasteiger partial charge in [0, 0.05) is 38.9 Å². The number of rotatable bonds is 4. The topological polar surface area (TPSA) is 212 Å². The van der Waals surface area contributed by atoms with Gasteiger partial charge in [-0.2, -0.15) is 0 Å². The Morgan fingerprint density at radius 3 is 2.08 bits per heavy atom. The maximum absolute atomic E-state index is 14.1. The normalized spacial score (nSPS) is 26.5. The number of benzene rings is 2. The minimum atomic E-state index is -1.19. The molecule has 2 aromatic carbocycles. The molecule has 2 heterocycles. The van der Waals surface area contributed by atoms with Crippen LogP contribution in [0.25, 0.3) is 11.1 Å². The van der Waals surface area contributed by atoms with Crippen molar-refractivity contribution in [1.82, 2.24) is 31.5 Å². The van der Waals surface area contributed by atoms with E-state index in [1.165, 1.54) is 11.8 Å². The van der Waals surface area contributed by atoms with Crippen molar-refractivity contribution in [3.63, 3.8) is 0 Å². The summed E-state index contributed by atoms with van der Waals surface area (Å²) in [4.78, 5) is 82.1. The van der Waals surface area contributed by atoms with Crippen LogP contribution < -0.4 is 32.3 Å². The van der Waals surface area contributed by atoms with Crippen molar-refractivity contribution in [3.05, 3.63) is 60.2 Å². The molecule has 2 saturated heterocycles. The molecule has 14 heteroatoms. The summed E-state index contributed by atoms with van der Waals surface area (Å²) in [5, 5.41) is 24.3. The van der Waals surface area contributed by atoms with Crippen LogP contribution in [0.3, 0.4) is 0 Å². The van der Waals surface area contributed by atoms with Crippen molar-refractivity contribution in [1.29, 1.82) is 0 Å². The lowest BCUT2D eigenvalue weighted by Gasteiger charge is -2.35. The number of hydrogen-bond acceptors (Lipinski definition) is 8. The lowest BCUT2D eigenvalue weighted by Crippen LogP contribution is -2.60. The number of nitrogens with two attached hydrogens (primary N) is 1. The van der Waals surface area contributed by atoms with Crippen LogP contribution in [0.5, 0.6) is 0 Å². The molecule has 0 saturated carbocycles. The Balaban J connectivity index is 1.64. The molecular formula is C38H53N7O7. The first-order chi connectivity index (χ1) is 24.7. The Bertz CT molecular complexity index is 1580. The minimum Gasteiger partial charge on any atom is -0.391 e. The summed E-state index contributed by atoms with van der Waals surface area (Å²) >= 11 is 0. The van der Waals surface area contributed by atoms with E-state index < -0.39 is 71.3 Å². The number of carbonyl (C=O) groups excluding carboxylic acids is 6. The van der Waals surface area contributed by atoms with Crippen LogP contribution in [-0.2, 0) is 35.2 Å². The third-order valence-electron chi connectivity index (χ3n) is 9.42. The second kappa shape index (κ2) is 18.1. The molecule has 0 unspecified atom stereocenters. The molecule has 2 fully saturated rings. The summed E-state index contributed by atoms with van der Waals surface area (Å²) in [6.45, 7) is 6.88. The highest BCUT2D eigenvalue weighted by molar-refractivity contribution is 5.97. The standard InChI is InChI=1S/C38H53N7O7/c1-23-33(48)43-29(21-39)34(49)40-18-10-6-9-13-31(47)44-32(38(2,3)4)37(52)45-22-27(46)20-30(45)36(51)42-28(35(50)41-23)19-24-14-16-26(17-15-24)25-11-7-5-8-12-25/h5,7-8,11-12,14-17,23,27-30,32,46H,6,9-10,13,18-22,39H2,1-4H3,(H,40,49)(H,41,50)(H,42,51)(H,43,48)(H,44,47)/t23-,27-,28-,29-,30+,32-/m1/s1. The Morgan fingerprint density at radius 2 is 1.42 bits per heavy atom. The molecule has 14 nitrogen and oxygen atoms in total. The average Bonchev–Trinajstić information content (AvgIpc) is 3.51. The van der Waals surface area contributed by atoms with Crippen molar-refractivity contribution in [3.8, 4) is 11.1 Å². The lowest BCUT2D eigenvalue weighted by molar-refractivity contribution is -0.144. The zero-order valence-electron chi connectivity index (χ0n) is 30.4. The number of fused-ring (bicyclic) bond motifs is 1. The number of aliphatic hydroxyl groups excluding tert-OH is 1. The molecular weight excluding hydrogens is 666 g/mol. The van der Waals surface area contributed by atoms with Crippen LogP contribution in [0.2, 0.25) is 0 Å². The first-order valence-corrected chi connectivity index (χ1v) is 18.0. The highest BCUT2D eigenvalue weighted by atomic mass is 16.3. The maximum atomic E-state index is 14.1. The smallest absolute Gasteiger partial charge is 0.246 e. The number of nitrogens with zero attached hydrogens (tertiary/aromatic N) is 1. The Hall–Kier alpha value is -4.82. The van der Waals surface area contributed by atoms with Gasteiger partial charge in [0.05, 0.1) is 6.10 Å². The highest BCUT2D eigenvalue weighted by Gasteiger charge is 2.45. The van der Waals surface area contributed by atoms with Gasteiger partial charge in [0.15, 0.2) is 0 Å². The highest BCUT2D eigenvalue weighted by Crippen LogP contribution is 2.27. The number of aliphatic hydroxyl groups is 1. The Labute approximate surface area is 305 Å². The number of amides is 6. The molecule has 2 aliphatic heterocycles. The zero-order valence-corrected chi connectivity index (χ0v) is 30.4. The van der Waals surface area contributed by atoms with E-state index in [1.807, 2.05) is 54.6 Å². The Morgan fingerprint density at radius 1 is 0.769 bits per heavy atom. The second-order valence-corrected chi connectivity index (χ2v) is 14.7. The minimum absolute atomic E-state index is 0.0404. The van der Waals surface area contributed by atoms with Crippen molar-refractivity contribution in [2.24, 2.45) is 11.1 Å². The van der Waals surface area contributed by atoms with E-state index in [9.17, 15) is 33.9 Å². The van der Waals surface area contributed by atoms with Gasteiger partial charge in [-0.15, -0.1) is 0 Å². The summed E-state index contributed by atoms with van der Waals surface area (Å²) < 4.78 is 0. The predicted molar refractivity (Wildman–Crippen MR) is 195 cm³/mol. The molecule has 4 rings (SSSR count). The summed E-state index contributed by atoms with van der Waals surface area (Å²) in [6.07, 6.45) is 0.801. The molecule has 0 bridgehead atoms. The predicted octanol–water partition coefficient (Wildman–Crippen LogP) is 0.512. The van der Waals surface area contributed by atoms with Crippen LogP contribution in [-0.4, -0.2) is 101 Å². The molecule has 8 N–H and O–H groups in total. The largest absolute Gasteiger partial charge is 0.391 e. The van der Waals surface area contributed by atoms with Gasteiger partial charge in [-0.3, -0.25) is 28.8 Å². The quantitative estimate of drug-likeness (QED) is 0.236. The third-order valence-corrected chi connectivity index (χ3v) is 9.42. The van der Waals surface area contributed by atoms with Gasteiger partial charge in [-0.05, 0) is 41.9 Å². The van der Waals surface area contributed by atoms with Crippen molar-refractivity contribution < 1.29 is 33.9 Å². The number of hydrogen-bond donors (Lipinski definition) is 7. The van der Waals surface area contributed by atoms with E-state index >= 15 is 0 Å². The van der Waals surface area contributed by atoms with Gasteiger partial charge in [-0.25, -0.2) is 0 Å². The average molecular weight is 720 g/mol. The molecule has 6 atom stereocenters. The first kappa shape index (κ1) is 40.0. The molecule has 282 valence electrons. The molecule has 0 spiro atoms. The second-order valence-electron chi connectivity index (χ2n) is 14.7. The fourth-order valence-electron chi connectivity index (χ4n) is 6.36. The van der Waals surface area contributed by atoms with E-state index in [4.69, 9.17) is 5.73 Å². The summed E-state index contributed by atoms with van der Waals surface area (Å²) in [7, 11) is 0. The van der Waals surface area contributed by atoms with Crippen LogP contribution in [0, 0.1) is 5.41 Å². The fourth-order valence-corrected chi connectivity index (χ4v) is 6.36. The molecule has 0 radical (unpaired) electrons. The monoisotopic (exact) mass is 719 g/mol.